The lowest BCUT2D eigenvalue weighted by Gasteiger charge is -2.11. The van der Waals surface area contributed by atoms with Crippen LogP contribution in [0.4, 0.5) is 17.3 Å². The molecule has 3 aromatic rings. The molecule has 0 aliphatic rings. The average Bonchev–Trinajstić information content (AvgIpc) is 2.82. The van der Waals surface area contributed by atoms with E-state index in [1.54, 1.807) is 10.9 Å². The monoisotopic (exact) mass is 359 g/mol. The molecule has 0 radical (unpaired) electrons. The Morgan fingerprint density at radius 3 is 2.64 bits per heavy atom. The highest BCUT2D eigenvalue weighted by atomic mass is 79.9. The van der Waals surface area contributed by atoms with E-state index in [2.05, 4.69) is 41.3 Å². The topological polar surface area (TPSA) is 94.5 Å². The van der Waals surface area contributed by atoms with Crippen LogP contribution in [0, 0.1) is 13.8 Å². The first kappa shape index (κ1) is 14.5. The molecule has 0 fully saturated rings. The summed E-state index contributed by atoms with van der Waals surface area (Å²) in [7, 11) is 0. The molecule has 0 unspecified atom stereocenters. The number of nitrogen functional groups attached to an aromatic ring is 1. The lowest BCUT2D eigenvalue weighted by Crippen LogP contribution is -2.10. The van der Waals surface area contributed by atoms with Gasteiger partial charge in [0.1, 0.15) is 17.8 Å². The van der Waals surface area contributed by atoms with E-state index < -0.39 is 0 Å². The van der Waals surface area contributed by atoms with Crippen LogP contribution in [0.5, 0.6) is 0 Å². The Balaban J connectivity index is 1.98. The second-order valence-corrected chi connectivity index (χ2v) is 5.70. The van der Waals surface area contributed by atoms with Crippen LogP contribution >= 0.6 is 15.9 Å². The lowest BCUT2D eigenvalue weighted by atomic mass is 10.4. The molecule has 3 heterocycles. The van der Waals surface area contributed by atoms with Gasteiger partial charge in [-0.15, -0.1) is 0 Å². The van der Waals surface area contributed by atoms with Crippen molar-refractivity contribution in [1.82, 2.24) is 24.7 Å². The van der Waals surface area contributed by atoms with Crippen molar-refractivity contribution in [2.24, 2.45) is 0 Å². The molecule has 0 saturated carbocycles. The van der Waals surface area contributed by atoms with Gasteiger partial charge in [-0.3, -0.25) is 0 Å². The maximum absolute atomic E-state index is 6.19. The first-order valence-corrected chi connectivity index (χ1v) is 7.36. The van der Waals surface area contributed by atoms with Crippen molar-refractivity contribution in [3.63, 3.8) is 0 Å². The first-order valence-electron chi connectivity index (χ1n) is 6.57. The van der Waals surface area contributed by atoms with Gasteiger partial charge >= 0.3 is 0 Å². The summed E-state index contributed by atoms with van der Waals surface area (Å²) in [6.45, 7) is 3.87. The Bertz CT molecular complexity index is 811. The Hall–Kier alpha value is -2.48. The Morgan fingerprint density at radius 1 is 1.18 bits per heavy atom. The summed E-state index contributed by atoms with van der Waals surface area (Å²) in [5, 5.41) is 7.48. The van der Waals surface area contributed by atoms with Gasteiger partial charge in [0, 0.05) is 16.4 Å². The third kappa shape index (κ3) is 2.77. The number of anilines is 3. The molecule has 0 saturated heterocycles. The maximum atomic E-state index is 6.19. The zero-order valence-corrected chi connectivity index (χ0v) is 13.7. The number of nitrogens with one attached hydrogen (secondary N) is 1. The fraction of sp³-hybridized carbons (Fsp3) is 0.143. The lowest BCUT2D eigenvalue weighted by molar-refractivity contribution is 0.804. The quantitative estimate of drug-likeness (QED) is 0.746. The summed E-state index contributed by atoms with van der Waals surface area (Å²) >= 11 is 3.35. The number of pyridine rings is 1. The zero-order chi connectivity index (χ0) is 15.7. The van der Waals surface area contributed by atoms with E-state index in [1.165, 1.54) is 6.33 Å². The minimum Gasteiger partial charge on any atom is -0.393 e. The molecule has 0 aliphatic heterocycles. The van der Waals surface area contributed by atoms with Gasteiger partial charge in [-0.05, 0) is 48.0 Å². The van der Waals surface area contributed by atoms with Gasteiger partial charge < -0.3 is 11.1 Å². The Kier molecular flexibility index (Phi) is 3.76. The van der Waals surface area contributed by atoms with Crippen molar-refractivity contribution in [1.29, 1.82) is 0 Å². The predicted molar refractivity (Wildman–Crippen MR) is 88.3 cm³/mol. The molecule has 0 spiro atoms. The van der Waals surface area contributed by atoms with E-state index in [1.807, 2.05) is 32.0 Å². The van der Waals surface area contributed by atoms with Crippen molar-refractivity contribution in [2.45, 2.75) is 13.8 Å². The fourth-order valence-electron chi connectivity index (χ4n) is 2.07. The molecule has 3 aromatic heterocycles. The molecule has 0 amide bonds. The van der Waals surface area contributed by atoms with Gasteiger partial charge in [-0.1, -0.05) is 0 Å². The summed E-state index contributed by atoms with van der Waals surface area (Å²) < 4.78 is 2.60. The standard InChI is InChI=1S/C14H14BrN7/c1-8-5-9(2)22(21-8)14-12(16)13(18-7-19-14)20-11-4-3-10(15)6-17-11/h3-7H,16H2,1-2H3,(H,17,18,19,20). The molecule has 112 valence electrons. The molecule has 8 heteroatoms. The summed E-state index contributed by atoms with van der Waals surface area (Å²) in [4.78, 5) is 12.7. The van der Waals surface area contributed by atoms with Gasteiger partial charge in [-0.2, -0.15) is 5.10 Å². The van der Waals surface area contributed by atoms with Gasteiger partial charge in [0.25, 0.3) is 0 Å². The van der Waals surface area contributed by atoms with Crippen molar-refractivity contribution < 1.29 is 0 Å². The summed E-state index contributed by atoms with van der Waals surface area (Å²) in [6, 6.07) is 5.67. The highest BCUT2D eigenvalue weighted by Gasteiger charge is 2.13. The van der Waals surface area contributed by atoms with Crippen LogP contribution in [0.2, 0.25) is 0 Å². The van der Waals surface area contributed by atoms with Crippen molar-refractivity contribution in [3.05, 3.63) is 46.6 Å². The largest absolute Gasteiger partial charge is 0.393 e. The molecule has 0 aliphatic carbocycles. The third-order valence-corrected chi connectivity index (χ3v) is 3.52. The van der Waals surface area contributed by atoms with E-state index in [4.69, 9.17) is 5.73 Å². The number of nitrogens with zero attached hydrogens (tertiary/aromatic N) is 5. The molecule has 0 bridgehead atoms. The van der Waals surface area contributed by atoms with Gasteiger partial charge in [-0.25, -0.2) is 19.6 Å². The molecule has 22 heavy (non-hydrogen) atoms. The highest BCUT2D eigenvalue weighted by molar-refractivity contribution is 9.10. The van der Waals surface area contributed by atoms with Crippen LogP contribution in [0.15, 0.2) is 35.2 Å². The van der Waals surface area contributed by atoms with E-state index >= 15 is 0 Å². The second kappa shape index (κ2) is 5.72. The minimum absolute atomic E-state index is 0.415. The molecule has 3 N–H and O–H groups in total. The number of aromatic nitrogens is 5. The normalized spacial score (nSPS) is 10.7. The fourth-order valence-corrected chi connectivity index (χ4v) is 2.30. The molecule has 0 atom stereocenters. The van der Waals surface area contributed by atoms with Crippen LogP contribution in [0.25, 0.3) is 5.82 Å². The van der Waals surface area contributed by atoms with E-state index in [0.717, 1.165) is 15.9 Å². The first-order chi connectivity index (χ1) is 10.5. The zero-order valence-electron chi connectivity index (χ0n) is 12.1. The summed E-state index contributed by atoms with van der Waals surface area (Å²) in [6.07, 6.45) is 3.14. The van der Waals surface area contributed by atoms with E-state index in [0.29, 0.717) is 23.1 Å². The molecule has 7 nitrogen and oxygen atoms in total. The third-order valence-electron chi connectivity index (χ3n) is 3.05. The smallest absolute Gasteiger partial charge is 0.182 e. The number of hydrogen-bond acceptors (Lipinski definition) is 6. The van der Waals surface area contributed by atoms with Crippen molar-refractivity contribution in [3.8, 4) is 5.82 Å². The maximum Gasteiger partial charge on any atom is 0.182 e. The van der Waals surface area contributed by atoms with Crippen molar-refractivity contribution >= 4 is 33.3 Å². The number of halogens is 1. The minimum atomic E-state index is 0.415. The summed E-state index contributed by atoms with van der Waals surface area (Å²) in [5.41, 5.74) is 8.46. The highest BCUT2D eigenvalue weighted by Crippen LogP contribution is 2.25. The second-order valence-electron chi connectivity index (χ2n) is 4.79. The van der Waals surface area contributed by atoms with Gasteiger partial charge in [0.2, 0.25) is 0 Å². The van der Waals surface area contributed by atoms with Crippen LogP contribution in [0.3, 0.4) is 0 Å². The Morgan fingerprint density at radius 2 is 2.00 bits per heavy atom. The SMILES string of the molecule is Cc1cc(C)n(-c2ncnc(Nc3ccc(Br)cn3)c2N)n1. The van der Waals surface area contributed by atoms with Gasteiger partial charge in [0.15, 0.2) is 11.6 Å². The van der Waals surface area contributed by atoms with Crippen LogP contribution in [-0.2, 0) is 0 Å². The predicted octanol–water partition coefficient (Wildman–Crippen LogP) is 2.76. The number of aryl methyl sites for hydroxylation is 2. The Labute approximate surface area is 135 Å². The van der Waals surface area contributed by atoms with Gasteiger partial charge in [0.05, 0.1) is 5.69 Å². The number of rotatable bonds is 3. The molecular weight excluding hydrogens is 346 g/mol. The van der Waals surface area contributed by atoms with Crippen LogP contribution in [0.1, 0.15) is 11.4 Å². The average molecular weight is 360 g/mol. The number of hydrogen-bond donors (Lipinski definition) is 2. The summed E-state index contributed by atoms with van der Waals surface area (Å²) in [5.74, 6) is 1.68. The van der Waals surface area contributed by atoms with E-state index in [-0.39, 0.29) is 0 Å². The van der Waals surface area contributed by atoms with E-state index in [9.17, 15) is 0 Å². The van der Waals surface area contributed by atoms with Crippen molar-refractivity contribution in [2.75, 3.05) is 11.1 Å². The van der Waals surface area contributed by atoms with Crippen LogP contribution < -0.4 is 11.1 Å². The van der Waals surface area contributed by atoms with Crippen LogP contribution in [-0.4, -0.2) is 24.7 Å². The molecule has 0 aromatic carbocycles. The molecule has 3 rings (SSSR count). The molecular formula is C14H14BrN7. The number of nitrogens with two attached hydrogens (primary N) is 1.